The second-order valence-corrected chi connectivity index (χ2v) is 7.66. The predicted molar refractivity (Wildman–Crippen MR) is 105 cm³/mol. The lowest BCUT2D eigenvalue weighted by Crippen LogP contribution is -2.41. The maximum Gasteiger partial charge on any atom is 0.469 e. The highest BCUT2D eigenvalue weighted by Gasteiger charge is 2.37. The first-order valence-corrected chi connectivity index (χ1v) is 10.4. The van der Waals surface area contributed by atoms with Crippen LogP contribution in [0.5, 0.6) is 0 Å². The van der Waals surface area contributed by atoms with Crippen LogP contribution in [0.1, 0.15) is 19.8 Å². The molecule has 10 heteroatoms. The van der Waals surface area contributed by atoms with Gasteiger partial charge in [-0.3, -0.25) is 4.52 Å². The fraction of sp³-hybridized carbons (Fsp3) is 0.421. The summed E-state index contributed by atoms with van der Waals surface area (Å²) in [5.41, 5.74) is -1.87. The van der Waals surface area contributed by atoms with Crippen LogP contribution in [-0.2, 0) is 18.6 Å². The van der Waals surface area contributed by atoms with Gasteiger partial charge >= 0.3 is 13.8 Å². The summed E-state index contributed by atoms with van der Waals surface area (Å²) in [6.45, 7) is 1.16. The third-order valence-corrected chi connectivity index (χ3v) is 4.35. The third-order valence-electron chi connectivity index (χ3n) is 3.82. The fourth-order valence-electron chi connectivity index (χ4n) is 2.37. The van der Waals surface area contributed by atoms with Crippen LogP contribution >= 0.6 is 7.82 Å². The van der Waals surface area contributed by atoms with Gasteiger partial charge in [-0.05, 0) is 13.0 Å². The molecule has 162 valence electrons. The van der Waals surface area contributed by atoms with E-state index in [2.05, 4.69) is 4.52 Å². The van der Waals surface area contributed by atoms with Crippen molar-refractivity contribution < 1.29 is 43.7 Å². The van der Waals surface area contributed by atoms with Crippen LogP contribution in [-0.4, -0.2) is 61.6 Å². The lowest BCUT2D eigenvalue weighted by Gasteiger charge is -2.31. The summed E-state index contributed by atoms with van der Waals surface area (Å²) in [7, 11) is -4.96. The quantitative estimate of drug-likeness (QED) is 0.140. The van der Waals surface area contributed by atoms with E-state index in [1.807, 2.05) is 0 Å². The molecule has 4 atom stereocenters. The Hall–Kier alpha value is -1.84. The third kappa shape index (κ3) is 11.1. The molecule has 0 spiro atoms. The number of aliphatic hydroxyl groups excluding tert-OH is 2. The number of allylic oxidation sites excluding steroid dienone is 4. The monoisotopic (exact) mass is 430 g/mol. The zero-order valence-corrected chi connectivity index (χ0v) is 16.8. The van der Waals surface area contributed by atoms with E-state index in [1.54, 1.807) is 24.3 Å². The van der Waals surface area contributed by atoms with Gasteiger partial charge in [0.1, 0.15) is 17.8 Å². The largest absolute Gasteiger partial charge is 0.469 e. The van der Waals surface area contributed by atoms with Gasteiger partial charge in [-0.25, -0.2) is 9.36 Å². The lowest BCUT2D eigenvalue weighted by atomic mass is 9.93. The summed E-state index contributed by atoms with van der Waals surface area (Å²) in [5, 5.41) is 29.4. The van der Waals surface area contributed by atoms with E-state index in [9.17, 15) is 19.6 Å². The minimum absolute atomic E-state index is 0.100. The van der Waals surface area contributed by atoms with Gasteiger partial charge in [0.25, 0.3) is 0 Å². The molecular weight excluding hydrogens is 403 g/mol. The molecule has 0 saturated carbocycles. The van der Waals surface area contributed by atoms with E-state index < -0.39 is 37.7 Å². The number of hydrogen-bond acceptors (Lipinski definition) is 7. The molecule has 0 bridgehead atoms. The number of carbonyl (C=O) groups is 1. The molecule has 0 saturated heterocycles. The molecule has 1 aliphatic heterocycles. The molecule has 1 aliphatic rings. The zero-order chi connectivity index (χ0) is 21.9. The van der Waals surface area contributed by atoms with Crippen molar-refractivity contribution >= 4 is 13.8 Å². The van der Waals surface area contributed by atoms with Crippen LogP contribution in [0.2, 0.25) is 0 Å². The smallest absolute Gasteiger partial charge is 0.455 e. The Bertz CT molecular complexity index is 715. The van der Waals surface area contributed by atoms with Gasteiger partial charge in [-0.15, -0.1) is 0 Å². The average Bonchev–Trinajstić information content (AvgIpc) is 2.61. The number of carbonyl (C=O) groups excluding carboxylic acids is 1. The summed E-state index contributed by atoms with van der Waals surface area (Å²) in [6, 6.07) is 0. The Morgan fingerprint density at radius 1 is 1.34 bits per heavy atom. The highest BCUT2D eigenvalue weighted by atomic mass is 31.2. The molecular formula is C19H27O9P. The van der Waals surface area contributed by atoms with Crippen LogP contribution in [0.3, 0.4) is 0 Å². The first kappa shape index (κ1) is 25.2. The first-order chi connectivity index (χ1) is 13.5. The summed E-state index contributed by atoms with van der Waals surface area (Å²) in [5.74, 6) is -0.531. The van der Waals surface area contributed by atoms with Crippen LogP contribution in [0.15, 0.2) is 60.8 Å². The molecule has 0 amide bonds. The molecule has 0 radical (unpaired) electrons. The van der Waals surface area contributed by atoms with Crippen LogP contribution in [0.4, 0.5) is 0 Å². The van der Waals surface area contributed by atoms with E-state index in [0.29, 0.717) is 6.42 Å². The zero-order valence-electron chi connectivity index (χ0n) is 15.9. The Balaban J connectivity index is 2.84. The number of esters is 1. The number of ether oxygens (including phenoxy) is 1. The van der Waals surface area contributed by atoms with E-state index in [0.717, 1.165) is 0 Å². The molecule has 0 fully saturated rings. The second-order valence-electron chi connectivity index (χ2n) is 6.47. The van der Waals surface area contributed by atoms with Gasteiger partial charge in [0.05, 0.1) is 12.7 Å². The van der Waals surface area contributed by atoms with Gasteiger partial charge in [0.2, 0.25) is 0 Å². The molecule has 5 N–H and O–H groups in total. The maximum absolute atomic E-state index is 11.3. The number of hydrogen-bond donors (Lipinski definition) is 5. The Kier molecular flexibility index (Phi) is 10.4. The number of cyclic esters (lactones) is 1. The Morgan fingerprint density at radius 3 is 2.66 bits per heavy atom. The molecule has 1 rings (SSSR count). The van der Waals surface area contributed by atoms with Crippen molar-refractivity contribution in [3.8, 4) is 0 Å². The lowest BCUT2D eigenvalue weighted by molar-refractivity contribution is -0.141. The van der Waals surface area contributed by atoms with Crippen molar-refractivity contribution in [1.29, 1.82) is 0 Å². The predicted octanol–water partition coefficient (Wildman–Crippen LogP) is 1.06. The van der Waals surface area contributed by atoms with Crippen molar-refractivity contribution in [3.05, 3.63) is 60.8 Å². The van der Waals surface area contributed by atoms with Crippen molar-refractivity contribution in [3.63, 3.8) is 0 Å². The summed E-state index contributed by atoms with van der Waals surface area (Å²) in [4.78, 5) is 29.6. The van der Waals surface area contributed by atoms with Gasteiger partial charge in [0, 0.05) is 18.9 Å². The molecule has 29 heavy (non-hydrogen) atoms. The van der Waals surface area contributed by atoms with Gasteiger partial charge in [-0.1, -0.05) is 48.6 Å². The maximum atomic E-state index is 11.3. The SMILES string of the molecule is C[C@](O)(/C=C/[C@@H]1CC=CC(=O)O1)[C@H](C[C@@H](O)/C=C/C=C/C=C/CO)OP(=O)(O)O. The van der Waals surface area contributed by atoms with Gasteiger partial charge in [-0.2, -0.15) is 0 Å². The van der Waals surface area contributed by atoms with Gasteiger partial charge in [0.15, 0.2) is 0 Å². The normalized spacial score (nSPS) is 22.6. The van der Waals surface area contributed by atoms with E-state index >= 15 is 0 Å². The van der Waals surface area contributed by atoms with Crippen LogP contribution in [0, 0.1) is 0 Å². The molecule has 0 aromatic rings. The highest BCUT2D eigenvalue weighted by molar-refractivity contribution is 7.46. The molecule has 0 aromatic heterocycles. The standard InChI is InChI=1S/C19H27O9P/c1-19(23,12-11-16-9-7-10-18(22)27-16)17(28-29(24,25)26)14-15(21)8-5-3-2-4-6-13-20/h2-8,10-12,15-17,20-21,23H,9,13-14H2,1H3,(H2,24,25,26)/b3-2+,6-4+,8-5+,12-11+/t15-,16-,17-,19-/m0/s1. The van der Waals surface area contributed by atoms with E-state index in [4.69, 9.17) is 19.6 Å². The Labute approximate surface area is 169 Å². The number of rotatable bonds is 11. The molecule has 0 aliphatic carbocycles. The van der Waals surface area contributed by atoms with Crippen LogP contribution in [0.25, 0.3) is 0 Å². The van der Waals surface area contributed by atoms with Gasteiger partial charge < -0.3 is 29.8 Å². The molecule has 0 unspecified atom stereocenters. The molecule has 9 nitrogen and oxygen atoms in total. The van der Waals surface area contributed by atoms with Crippen molar-refractivity contribution in [2.45, 2.75) is 43.7 Å². The highest BCUT2D eigenvalue weighted by Crippen LogP contribution is 2.41. The molecule has 0 aromatic carbocycles. The minimum atomic E-state index is -4.96. The average molecular weight is 430 g/mol. The fourth-order valence-corrected chi connectivity index (χ4v) is 3.01. The topological polar surface area (TPSA) is 154 Å². The summed E-state index contributed by atoms with van der Waals surface area (Å²) in [6.07, 6.45) is 11.5. The first-order valence-electron chi connectivity index (χ1n) is 8.85. The van der Waals surface area contributed by atoms with Crippen molar-refractivity contribution in [2.24, 2.45) is 0 Å². The number of phosphoric acid groups is 1. The number of aliphatic hydroxyl groups is 3. The minimum Gasteiger partial charge on any atom is -0.455 e. The van der Waals surface area contributed by atoms with Crippen molar-refractivity contribution in [2.75, 3.05) is 6.61 Å². The molecule has 1 heterocycles. The second kappa shape index (κ2) is 12.0. The van der Waals surface area contributed by atoms with Crippen LogP contribution < -0.4 is 0 Å². The summed E-state index contributed by atoms with van der Waals surface area (Å²) >= 11 is 0. The summed E-state index contributed by atoms with van der Waals surface area (Å²) < 4.78 is 21.0. The number of phosphoric ester groups is 1. The van der Waals surface area contributed by atoms with E-state index in [1.165, 1.54) is 43.4 Å². The van der Waals surface area contributed by atoms with E-state index in [-0.39, 0.29) is 13.0 Å². The Morgan fingerprint density at radius 2 is 2.03 bits per heavy atom. The van der Waals surface area contributed by atoms with Crippen molar-refractivity contribution in [1.82, 2.24) is 0 Å².